The van der Waals surface area contributed by atoms with Crippen LogP contribution in [0.5, 0.6) is 0 Å². The van der Waals surface area contributed by atoms with E-state index in [1.54, 1.807) is 6.33 Å². The third kappa shape index (κ3) is 3.84. The molecule has 1 saturated carbocycles. The van der Waals surface area contributed by atoms with E-state index in [4.69, 9.17) is 4.74 Å². The average molecular weight is 307 g/mol. The van der Waals surface area contributed by atoms with Gasteiger partial charge in [0.25, 0.3) is 0 Å². The molecule has 0 radical (unpaired) electrons. The van der Waals surface area contributed by atoms with Gasteiger partial charge in [-0.05, 0) is 25.7 Å². The van der Waals surface area contributed by atoms with Crippen LogP contribution < -0.4 is 5.32 Å². The first kappa shape index (κ1) is 15.4. The Labute approximate surface area is 131 Å². The Hall–Kier alpha value is -1.47. The molecule has 2 fully saturated rings. The molecule has 22 heavy (non-hydrogen) atoms. The Kier molecular flexibility index (Phi) is 5.04. The summed E-state index contributed by atoms with van der Waals surface area (Å²) in [5, 5.41) is 7.40. The summed E-state index contributed by atoms with van der Waals surface area (Å²) in [5.41, 5.74) is 0. The van der Waals surface area contributed by atoms with Crippen molar-refractivity contribution in [1.29, 1.82) is 0 Å². The lowest BCUT2D eigenvalue weighted by Gasteiger charge is -2.26. The van der Waals surface area contributed by atoms with Crippen molar-refractivity contribution in [1.82, 2.24) is 25.0 Å². The number of nitrogens with one attached hydrogen (secondary N) is 1. The molecule has 0 spiro atoms. The SMILES string of the molecule is CCn1ncnc1C(NC(=O)CCN1CCOCC1)C1CC1. The number of ether oxygens (including phenoxy) is 1. The largest absolute Gasteiger partial charge is 0.379 e. The van der Waals surface area contributed by atoms with Crippen LogP contribution in [0, 0.1) is 5.92 Å². The number of hydrogen-bond acceptors (Lipinski definition) is 5. The monoisotopic (exact) mass is 307 g/mol. The van der Waals surface area contributed by atoms with Crippen molar-refractivity contribution in [3.05, 3.63) is 12.2 Å². The van der Waals surface area contributed by atoms with Crippen molar-refractivity contribution in [3.8, 4) is 0 Å². The van der Waals surface area contributed by atoms with Gasteiger partial charge in [0.1, 0.15) is 12.2 Å². The predicted octanol–water partition coefficient (Wildman–Crippen LogP) is 0.588. The molecule has 2 aliphatic rings. The van der Waals surface area contributed by atoms with Gasteiger partial charge in [-0.2, -0.15) is 5.10 Å². The lowest BCUT2D eigenvalue weighted by atomic mass is 10.1. The molecule has 0 aromatic carbocycles. The standard InChI is InChI=1S/C15H25N5O2/c1-2-20-15(16-11-17-20)14(12-3-4-12)18-13(21)5-6-19-7-9-22-10-8-19/h11-12,14H,2-10H2,1H3,(H,18,21). The van der Waals surface area contributed by atoms with Crippen LogP contribution in [0.4, 0.5) is 0 Å². The minimum absolute atomic E-state index is 0.0136. The van der Waals surface area contributed by atoms with Crippen molar-refractivity contribution >= 4 is 5.91 Å². The number of carbonyl (C=O) groups is 1. The van der Waals surface area contributed by atoms with Gasteiger partial charge < -0.3 is 10.1 Å². The maximum atomic E-state index is 12.3. The van der Waals surface area contributed by atoms with Crippen LogP contribution in [0.15, 0.2) is 6.33 Å². The zero-order valence-electron chi connectivity index (χ0n) is 13.2. The summed E-state index contributed by atoms with van der Waals surface area (Å²) in [6, 6.07) is 0.0136. The van der Waals surface area contributed by atoms with Gasteiger partial charge in [-0.3, -0.25) is 9.69 Å². The molecule has 7 heteroatoms. The third-order valence-electron chi connectivity index (χ3n) is 4.39. The molecule has 1 unspecified atom stereocenters. The summed E-state index contributed by atoms with van der Waals surface area (Å²) >= 11 is 0. The lowest BCUT2D eigenvalue weighted by Crippen LogP contribution is -2.39. The highest BCUT2D eigenvalue weighted by Crippen LogP contribution is 2.40. The summed E-state index contributed by atoms with van der Waals surface area (Å²) in [6.07, 6.45) is 4.42. The van der Waals surface area contributed by atoms with Crippen LogP contribution in [-0.4, -0.2) is 58.4 Å². The molecule has 1 aromatic rings. The van der Waals surface area contributed by atoms with E-state index in [0.29, 0.717) is 12.3 Å². The smallest absolute Gasteiger partial charge is 0.221 e. The van der Waals surface area contributed by atoms with Crippen molar-refractivity contribution < 1.29 is 9.53 Å². The van der Waals surface area contributed by atoms with Gasteiger partial charge in [0, 0.05) is 32.6 Å². The number of nitrogens with zero attached hydrogens (tertiary/aromatic N) is 4. The Balaban J connectivity index is 1.53. The highest BCUT2D eigenvalue weighted by molar-refractivity contribution is 5.76. The van der Waals surface area contributed by atoms with Gasteiger partial charge in [-0.25, -0.2) is 9.67 Å². The van der Waals surface area contributed by atoms with Gasteiger partial charge in [0.05, 0.1) is 19.3 Å². The Morgan fingerprint density at radius 2 is 2.23 bits per heavy atom. The van der Waals surface area contributed by atoms with Gasteiger partial charge in [-0.1, -0.05) is 0 Å². The molecule has 1 amide bonds. The normalized spacial score (nSPS) is 20.8. The number of hydrogen-bond donors (Lipinski definition) is 1. The summed E-state index contributed by atoms with van der Waals surface area (Å²) in [5.74, 6) is 1.51. The van der Waals surface area contributed by atoms with Crippen molar-refractivity contribution in [2.45, 2.75) is 38.8 Å². The summed E-state index contributed by atoms with van der Waals surface area (Å²) < 4.78 is 7.21. The fourth-order valence-corrected chi connectivity index (χ4v) is 2.91. The number of amides is 1. The van der Waals surface area contributed by atoms with Crippen molar-refractivity contribution in [3.63, 3.8) is 0 Å². The number of aryl methyl sites for hydroxylation is 1. The van der Waals surface area contributed by atoms with Crippen molar-refractivity contribution in [2.24, 2.45) is 5.92 Å². The Morgan fingerprint density at radius 3 is 2.91 bits per heavy atom. The molecule has 3 rings (SSSR count). The average Bonchev–Trinajstić information content (AvgIpc) is 3.28. The topological polar surface area (TPSA) is 72.3 Å². The molecule has 1 N–H and O–H groups in total. The van der Waals surface area contributed by atoms with Gasteiger partial charge >= 0.3 is 0 Å². The summed E-state index contributed by atoms with van der Waals surface area (Å²) in [7, 11) is 0. The van der Waals surface area contributed by atoms with E-state index in [1.807, 2.05) is 11.6 Å². The minimum atomic E-state index is 0.0136. The molecule has 0 bridgehead atoms. The summed E-state index contributed by atoms with van der Waals surface area (Å²) in [6.45, 7) is 7.00. The first-order valence-corrected chi connectivity index (χ1v) is 8.25. The second-order valence-corrected chi connectivity index (χ2v) is 6.02. The van der Waals surface area contributed by atoms with Crippen molar-refractivity contribution in [2.75, 3.05) is 32.8 Å². The van der Waals surface area contributed by atoms with Crippen LogP contribution in [0.1, 0.15) is 38.1 Å². The third-order valence-corrected chi connectivity index (χ3v) is 4.39. The number of carbonyl (C=O) groups excluding carboxylic acids is 1. The Bertz CT molecular complexity index is 494. The molecule has 1 atom stereocenters. The van der Waals surface area contributed by atoms with E-state index < -0.39 is 0 Å². The van der Waals surface area contributed by atoms with E-state index in [2.05, 4.69) is 20.3 Å². The quantitative estimate of drug-likeness (QED) is 0.798. The molecule has 1 aromatic heterocycles. The summed E-state index contributed by atoms with van der Waals surface area (Å²) in [4.78, 5) is 18.9. The van der Waals surface area contributed by atoms with Crippen LogP contribution in [0.3, 0.4) is 0 Å². The molecule has 1 aliphatic carbocycles. The maximum absolute atomic E-state index is 12.3. The van der Waals surface area contributed by atoms with Gasteiger partial charge in [0.2, 0.25) is 5.91 Å². The van der Waals surface area contributed by atoms with Crippen LogP contribution in [-0.2, 0) is 16.1 Å². The molecule has 1 aliphatic heterocycles. The molecule has 1 saturated heterocycles. The van der Waals surface area contributed by atoms with Gasteiger partial charge in [0.15, 0.2) is 0 Å². The zero-order chi connectivity index (χ0) is 15.4. The first-order chi connectivity index (χ1) is 10.8. The highest BCUT2D eigenvalue weighted by Gasteiger charge is 2.36. The van der Waals surface area contributed by atoms with E-state index in [9.17, 15) is 4.79 Å². The van der Waals surface area contributed by atoms with Crippen LogP contribution in [0.25, 0.3) is 0 Å². The van der Waals surface area contributed by atoms with E-state index in [0.717, 1.165) is 58.1 Å². The van der Waals surface area contributed by atoms with E-state index in [1.165, 1.54) is 0 Å². The van der Waals surface area contributed by atoms with Crippen LogP contribution in [0.2, 0.25) is 0 Å². The maximum Gasteiger partial charge on any atom is 0.221 e. The lowest BCUT2D eigenvalue weighted by molar-refractivity contribution is -0.122. The Morgan fingerprint density at radius 1 is 1.45 bits per heavy atom. The molecule has 7 nitrogen and oxygen atoms in total. The van der Waals surface area contributed by atoms with E-state index in [-0.39, 0.29) is 11.9 Å². The predicted molar refractivity (Wildman–Crippen MR) is 81.2 cm³/mol. The van der Waals surface area contributed by atoms with Crippen LogP contribution >= 0.6 is 0 Å². The molecule has 2 heterocycles. The zero-order valence-corrected chi connectivity index (χ0v) is 13.2. The number of rotatable bonds is 7. The van der Waals surface area contributed by atoms with Gasteiger partial charge in [-0.15, -0.1) is 0 Å². The molecule has 122 valence electrons. The number of morpholine rings is 1. The molecular formula is C15H25N5O2. The molecular weight excluding hydrogens is 282 g/mol. The number of aromatic nitrogens is 3. The minimum Gasteiger partial charge on any atom is -0.379 e. The fraction of sp³-hybridized carbons (Fsp3) is 0.800. The second-order valence-electron chi connectivity index (χ2n) is 6.02. The highest BCUT2D eigenvalue weighted by atomic mass is 16.5. The second kappa shape index (κ2) is 7.19. The van der Waals surface area contributed by atoms with E-state index >= 15 is 0 Å². The first-order valence-electron chi connectivity index (χ1n) is 8.25. The fourth-order valence-electron chi connectivity index (χ4n) is 2.91.